The average molecular weight is 357 g/mol. The summed E-state index contributed by atoms with van der Waals surface area (Å²) in [5.41, 5.74) is 1.06. The number of hydrogen-bond donors (Lipinski definition) is 1. The van der Waals surface area contributed by atoms with E-state index in [0.717, 1.165) is 12.7 Å². The molecule has 2 saturated carbocycles. The van der Waals surface area contributed by atoms with Crippen molar-refractivity contribution in [2.45, 2.75) is 0 Å². The van der Waals surface area contributed by atoms with Crippen molar-refractivity contribution in [1.29, 1.82) is 0 Å². The first kappa shape index (κ1) is 23.1. The van der Waals surface area contributed by atoms with Crippen LogP contribution in [0.1, 0.15) is 5.56 Å². The molecular formula is C19H21OZr+2. The molecule has 105 valence electrons. The zero-order valence-electron chi connectivity index (χ0n) is 12.3. The quantitative estimate of drug-likeness (QED) is 0.759. The van der Waals surface area contributed by atoms with Crippen molar-refractivity contribution in [2.75, 3.05) is 7.11 Å². The van der Waals surface area contributed by atoms with E-state index in [4.69, 9.17) is 11.7 Å². The number of aliphatic hydroxyl groups is 1. The molecule has 1 nitrogen and oxygen atoms in total. The van der Waals surface area contributed by atoms with E-state index in [1.54, 1.807) is 6.08 Å². The Labute approximate surface area is 151 Å². The van der Waals surface area contributed by atoms with E-state index in [1.807, 2.05) is 94.5 Å². The summed E-state index contributed by atoms with van der Waals surface area (Å²) in [6.07, 6.45) is 21.6. The zero-order chi connectivity index (χ0) is 14.9. The molecule has 0 atom stereocenters. The van der Waals surface area contributed by atoms with Crippen LogP contribution in [-0.2, 0) is 26.2 Å². The molecule has 0 saturated heterocycles. The van der Waals surface area contributed by atoms with Gasteiger partial charge in [0.2, 0.25) is 0 Å². The van der Waals surface area contributed by atoms with Crippen LogP contribution in [0, 0.1) is 70.8 Å². The smallest absolute Gasteiger partial charge is 0.400 e. The molecule has 3 rings (SSSR count). The van der Waals surface area contributed by atoms with Gasteiger partial charge in [-0.3, -0.25) is 6.58 Å². The normalized spacial score (nSPS) is 15.0. The minimum absolute atomic E-state index is 0. The van der Waals surface area contributed by atoms with Gasteiger partial charge < -0.3 is 5.11 Å². The van der Waals surface area contributed by atoms with Crippen LogP contribution in [0.25, 0.3) is 6.08 Å². The van der Waals surface area contributed by atoms with E-state index < -0.39 is 0 Å². The van der Waals surface area contributed by atoms with E-state index in [2.05, 4.69) is 0 Å². The molecule has 2 heteroatoms. The van der Waals surface area contributed by atoms with Crippen molar-refractivity contribution in [3.8, 4) is 0 Å². The van der Waals surface area contributed by atoms with Gasteiger partial charge in [0.15, 0.2) is 0 Å². The van der Waals surface area contributed by atoms with Crippen LogP contribution in [0.2, 0.25) is 0 Å². The number of hydrogen-bond acceptors (Lipinski definition) is 1. The van der Waals surface area contributed by atoms with E-state index in [9.17, 15) is 0 Å². The van der Waals surface area contributed by atoms with Crippen LogP contribution in [0.4, 0.5) is 0 Å². The molecule has 2 fully saturated rings. The van der Waals surface area contributed by atoms with Gasteiger partial charge in [-0.05, 0) is 64.2 Å². The standard InChI is InChI=1S/C8H7.2C5H5.CH4O.Zr/c1-2-8-6-4-3-5-7-8;2*1-2-4-5-3-1;1-2;/h1-7H;2*1-5H;2H,1H3;/q-1;;;;+3. The van der Waals surface area contributed by atoms with E-state index >= 15 is 0 Å². The van der Waals surface area contributed by atoms with E-state index in [1.165, 1.54) is 0 Å². The van der Waals surface area contributed by atoms with Crippen molar-refractivity contribution >= 4 is 6.08 Å². The molecule has 1 aromatic rings. The molecule has 0 aliphatic heterocycles. The largest absolute Gasteiger partial charge is 3.00 e. The molecule has 0 heterocycles. The number of aliphatic hydroxyl groups excluding tert-OH is 1. The van der Waals surface area contributed by atoms with E-state index in [-0.39, 0.29) is 26.2 Å². The van der Waals surface area contributed by atoms with Gasteiger partial charge in [0.1, 0.15) is 0 Å². The van der Waals surface area contributed by atoms with Gasteiger partial charge in [0.25, 0.3) is 0 Å². The van der Waals surface area contributed by atoms with Crippen molar-refractivity contribution in [1.82, 2.24) is 0 Å². The molecule has 0 amide bonds. The Hall–Kier alpha value is -0.197. The molecule has 1 N–H and O–H groups in total. The molecule has 0 bridgehead atoms. The maximum absolute atomic E-state index is 7.00. The minimum Gasteiger partial charge on any atom is -0.400 e. The van der Waals surface area contributed by atoms with Crippen molar-refractivity contribution in [3.05, 3.63) is 107 Å². The maximum atomic E-state index is 7.00. The van der Waals surface area contributed by atoms with Crippen LogP contribution in [-0.4, -0.2) is 12.2 Å². The molecule has 11 radical (unpaired) electrons. The first-order valence-corrected chi connectivity index (χ1v) is 6.31. The van der Waals surface area contributed by atoms with Crippen molar-refractivity contribution in [2.24, 2.45) is 0 Å². The summed E-state index contributed by atoms with van der Waals surface area (Å²) in [5, 5.41) is 7.00. The third kappa shape index (κ3) is 16.0. The van der Waals surface area contributed by atoms with Crippen LogP contribution in [0.15, 0.2) is 30.3 Å². The van der Waals surface area contributed by atoms with Gasteiger partial charge in [0.05, 0.1) is 0 Å². The topological polar surface area (TPSA) is 20.2 Å². The second-order valence-corrected chi connectivity index (χ2v) is 3.50. The second-order valence-electron chi connectivity index (χ2n) is 3.50. The van der Waals surface area contributed by atoms with Gasteiger partial charge >= 0.3 is 26.2 Å². The fourth-order valence-corrected chi connectivity index (χ4v) is 1.21. The SMILES string of the molecule is CO.[CH-]=Cc1ccccc1.[CH]1[CH][CH][CH][CH]1.[CH]1[CH][CH][CH][CH]1.[Zr+3]. The summed E-state index contributed by atoms with van der Waals surface area (Å²) < 4.78 is 0. The first-order chi connectivity index (χ1) is 9.93. The Morgan fingerprint density at radius 3 is 1.14 bits per heavy atom. The van der Waals surface area contributed by atoms with Gasteiger partial charge in [0, 0.05) is 7.11 Å². The van der Waals surface area contributed by atoms with Gasteiger partial charge in [-0.15, -0.1) is 12.1 Å². The predicted molar refractivity (Wildman–Crippen MR) is 86.3 cm³/mol. The molecule has 0 spiro atoms. The van der Waals surface area contributed by atoms with E-state index in [0.29, 0.717) is 0 Å². The summed E-state index contributed by atoms with van der Waals surface area (Å²) in [6, 6.07) is 9.80. The molecule has 2 aliphatic carbocycles. The first-order valence-electron chi connectivity index (χ1n) is 6.31. The summed E-state index contributed by atoms with van der Waals surface area (Å²) >= 11 is 0. The third-order valence-electron chi connectivity index (χ3n) is 2.10. The van der Waals surface area contributed by atoms with Crippen LogP contribution >= 0.6 is 0 Å². The van der Waals surface area contributed by atoms with Gasteiger partial charge in [-0.1, -0.05) is 18.2 Å². The van der Waals surface area contributed by atoms with Crippen LogP contribution in [0.5, 0.6) is 0 Å². The maximum Gasteiger partial charge on any atom is 3.00 e. The monoisotopic (exact) mass is 355 g/mol. The van der Waals surface area contributed by atoms with Gasteiger partial charge in [-0.2, -0.15) is 5.56 Å². The molecule has 2 aliphatic rings. The van der Waals surface area contributed by atoms with Crippen molar-refractivity contribution in [3.63, 3.8) is 0 Å². The van der Waals surface area contributed by atoms with Gasteiger partial charge in [-0.25, -0.2) is 6.08 Å². The molecule has 0 aromatic heterocycles. The molecular weight excluding hydrogens is 335 g/mol. The van der Waals surface area contributed by atoms with Crippen LogP contribution < -0.4 is 0 Å². The summed E-state index contributed by atoms with van der Waals surface area (Å²) in [5.74, 6) is 0. The summed E-state index contributed by atoms with van der Waals surface area (Å²) in [7, 11) is 1.00. The Morgan fingerprint density at radius 2 is 0.952 bits per heavy atom. The fraction of sp³-hybridized carbons (Fsp3) is 0.0526. The fourth-order valence-electron chi connectivity index (χ4n) is 1.21. The minimum atomic E-state index is 0. The molecule has 1 aromatic carbocycles. The third-order valence-corrected chi connectivity index (χ3v) is 2.10. The van der Waals surface area contributed by atoms with Crippen molar-refractivity contribution < 1.29 is 31.3 Å². The molecule has 21 heavy (non-hydrogen) atoms. The van der Waals surface area contributed by atoms with Crippen LogP contribution in [0.3, 0.4) is 0 Å². The Kier molecular flexibility index (Phi) is 21.8. The Morgan fingerprint density at radius 1 is 0.667 bits per heavy atom. The second kappa shape index (κ2) is 19.8. The molecule has 0 unspecified atom stereocenters. The number of benzene rings is 1. The number of rotatable bonds is 1. The summed E-state index contributed by atoms with van der Waals surface area (Å²) in [6.45, 7) is 5.22. The average Bonchev–Trinajstić information content (AvgIpc) is 3.27. The zero-order valence-corrected chi connectivity index (χ0v) is 14.7. The summed E-state index contributed by atoms with van der Waals surface area (Å²) in [4.78, 5) is 0. The predicted octanol–water partition coefficient (Wildman–Crippen LogP) is 3.78. The Balaban J connectivity index is 0. The Bertz CT molecular complexity index is 264.